The largest absolute Gasteiger partial charge is 0.489 e. The van der Waals surface area contributed by atoms with Crippen molar-refractivity contribution in [2.24, 2.45) is 0 Å². The van der Waals surface area contributed by atoms with E-state index >= 15 is 0 Å². The molecule has 0 atom stereocenters. The Balaban J connectivity index is 1.32. The molecule has 0 saturated carbocycles. The Hall–Kier alpha value is -3.93. The van der Waals surface area contributed by atoms with Crippen LogP contribution >= 0.6 is 0 Å². The zero-order chi connectivity index (χ0) is 22.3. The van der Waals surface area contributed by atoms with Crippen molar-refractivity contribution in [1.82, 2.24) is 9.55 Å². The molecule has 0 unspecified atom stereocenters. The molecule has 6 heteroatoms. The normalized spacial score (nSPS) is 10.8. The second kappa shape index (κ2) is 9.92. The number of aryl methyl sites for hydroxylation is 1. The minimum Gasteiger partial charge on any atom is -0.489 e. The second-order valence-electron chi connectivity index (χ2n) is 7.42. The van der Waals surface area contributed by atoms with Gasteiger partial charge in [-0.05, 0) is 49.2 Å². The maximum absolute atomic E-state index is 12.7. The number of esters is 1. The molecular weight excluding hydrogens is 404 g/mol. The molecule has 4 rings (SSSR count). The highest BCUT2D eigenvalue weighted by Crippen LogP contribution is 2.16. The van der Waals surface area contributed by atoms with E-state index in [4.69, 9.17) is 9.47 Å². The molecule has 4 aromatic rings. The van der Waals surface area contributed by atoms with Crippen LogP contribution in [-0.2, 0) is 17.9 Å². The van der Waals surface area contributed by atoms with E-state index in [1.54, 1.807) is 35.8 Å². The van der Waals surface area contributed by atoms with Gasteiger partial charge in [0, 0.05) is 6.54 Å². The summed E-state index contributed by atoms with van der Waals surface area (Å²) >= 11 is 0. The van der Waals surface area contributed by atoms with Gasteiger partial charge < -0.3 is 9.47 Å². The lowest BCUT2D eigenvalue weighted by Gasteiger charge is -2.11. The van der Waals surface area contributed by atoms with Gasteiger partial charge in [-0.1, -0.05) is 48.5 Å². The van der Waals surface area contributed by atoms with E-state index in [2.05, 4.69) is 4.98 Å². The SMILES string of the molecule is Cc1nc2ccccc2c(=O)n1CCCOC(=O)c1cccc(OCc2ccccc2)c1. The van der Waals surface area contributed by atoms with Crippen LogP contribution in [0.15, 0.2) is 83.7 Å². The first-order valence-corrected chi connectivity index (χ1v) is 10.5. The quantitative estimate of drug-likeness (QED) is 0.305. The molecule has 162 valence electrons. The molecule has 0 bridgehead atoms. The Morgan fingerprint density at radius 3 is 2.59 bits per heavy atom. The summed E-state index contributed by atoms with van der Waals surface area (Å²) in [4.78, 5) is 29.6. The van der Waals surface area contributed by atoms with Gasteiger partial charge in [0.1, 0.15) is 18.2 Å². The molecule has 0 fully saturated rings. The topological polar surface area (TPSA) is 70.4 Å². The van der Waals surface area contributed by atoms with Gasteiger partial charge in [-0.25, -0.2) is 9.78 Å². The predicted molar refractivity (Wildman–Crippen MR) is 123 cm³/mol. The van der Waals surface area contributed by atoms with Crippen molar-refractivity contribution in [3.8, 4) is 5.75 Å². The third kappa shape index (κ3) is 5.03. The monoisotopic (exact) mass is 428 g/mol. The van der Waals surface area contributed by atoms with Crippen molar-refractivity contribution >= 4 is 16.9 Å². The van der Waals surface area contributed by atoms with Crippen LogP contribution in [0.5, 0.6) is 5.75 Å². The molecule has 1 aromatic heterocycles. The van der Waals surface area contributed by atoms with Crippen LogP contribution in [0.2, 0.25) is 0 Å². The van der Waals surface area contributed by atoms with Crippen LogP contribution in [-0.4, -0.2) is 22.1 Å². The summed E-state index contributed by atoms with van der Waals surface area (Å²) in [6.45, 7) is 2.86. The van der Waals surface area contributed by atoms with Gasteiger partial charge in [0.2, 0.25) is 0 Å². The van der Waals surface area contributed by atoms with E-state index in [0.717, 1.165) is 5.56 Å². The summed E-state index contributed by atoms with van der Waals surface area (Å²) in [6.07, 6.45) is 0.511. The van der Waals surface area contributed by atoms with Crippen molar-refractivity contribution in [1.29, 1.82) is 0 Å². The lowest BCUT2D eigenvalue weighted by molar-refractivity contribution is 0.0495. The van der Waals surface area contributed by atoms with Crippen molar-refractivity contribution in [3.05, 3.63) is 106 Å². The number of para-hydroxylation sites is 1. The minimum absolute atomic E-state index is 0.0808. The molecule has 0 amide bonds. The Bertz CT molecular complexity index is 1280. The van der Waals surface area contributed by atoms with Gasteiger partial charge in [-0.3, -0.25) is 9.36 Å². The molecule has 0 aliphatic heterocycles. The molecule has 0 radical (unpaired) electrons. The van der Waals surface area contributed by atoms with Gasteiger partial charge in [0.15, 0.2) is 0 Å². The van der Waals surface area contributed by atoms with E-state index in [1.165, 1.54) is 0 Å². The van der Waals surface area contributed by atoms with E-state index in [0.29, 0.717) is 47.6 Å². The van der Waals surface area contributed by atoms with Crippen molar-refractivity contribution < 1.29 is 14.3 Å². The molecule has 0 aliphatic rings. The van der Waals surface area contributed by atoms with Crippen molar-refractivity contribution in [3.63, 3.8) is 0 Å². The first-order chi connectivity index (χ1) is 15.6. The number of hydrogen-bond donors (Lipinski definition) is 0. The van der Waals surface area contributed by atoms with Crippen molar-refractivity contribution in [2.75, 3.05) is 6.61 Å². The number of benzene rings is 3. The fraction of sp³-hybridized carbons (Fsp3) is 0.192. The van der Waals surface area contributed by atoms with Gasteiger partial charge in [0.05, 0.1) is 23.1 Å². The fourth-order valence-electron chi connectivity index (χ4n) is 3.47. The van der Waals surface area contributed by atoms with Crippen LogP contribution in [0.4, 0.5) is 0 Å². The van der Waals surface area contributed by atoms with E-state index in [9.17, 15) is 9.59 Å². The van der Waals surface area contributed by atoms with Crippen molar-refractivity contribution in [2.45, 2.75) is 26.5 Å². The molecular formula is C26H24N2O4. The van der Waals surface area contributed by atoms with Gasteiger partial charge >= 0.3 is 5.97 Å². The smallest absolute Gasteiger partial charge is 0.338 e. The molecule has 32 heavy (non-hydrogen) atoms. The lowest BCUT2D eigenvalue weighted by atomic mass is 10.2. The third-order valence-electron chi connectivity index (χ3n) is 5.13. The van der Waals surface area contributed by atoms with Crippen LogP contribution < -0.4 is 10.3 Å². The highest BCUT2D eigenvalue weighted by molar-refractivity contribution is 5.89. The fourth-order valence-corrected chi connectivity index (χ4v) is 3.47. The molecule has 3 aromatic carbocycles. The number of carbonyl (C=O) groups excluding carboxylic acids is 1. The zero-order valence-corrected chi connectivity index (χ0v) is 17.9. The van der Waals surface area contributed by atoms with Crippen LogP contribution in [0.25, 0.3) is 10.9 Å². The molecule has 0 aliphatic carbocycles. The number of hydrogen-bond acceptors (Lipinski definition) is 5. The van der Waals surface area contributed by atoms with E-state index in [-0.39, 0.29) is 12.2 Å². The van der Waals surface area contributed by atoms with Gasteiger partial charge in [-0.2, -0.15) is 0 Å². The summed E-state index contributed by atoms with van der Waals surface area (Å²) in [6, 6.07) is 24.0. The maximum Gasteiger partial charge on any atom is 0.338 e. The third-order valence-corrected chi connectivity index (χ3v) is 5.13. The van der Waals surface area contributed by atoms with Crippen LogP contribution in [0, 0.1) is 6.92 Å². The maximum atomic E-state index is 12.7. The summed E-state index contributed by atoms with van der Waals surface area (Å²) in [5, 5.41) is 0.586. The average Bonchev–Trinajstić information content (AvgIpc) is 2.83. The van der Waals surface area contributed by atoms with E-state index in [1.807, 2.05) is 54.6 Å². The van der Waals surface area contributed by atoms with Gasteiger partial charge in [0.25, 0.3) is 5.56 Å². The van der Waals surface area contributed by atoms with E-state index < -0.39 is 5.97 Å². The number of ether oxygens (including phenoxy) is 2. The van der Waals surface area contributed by atoms with Gasteiger partial charge in [-0.15, -0.1) is 0 Å². The lowest BCUT2D eigenvalue weighted by Crippen LogP contribution is -2.24. The summed E-state index contributed by atoms with van der Waals surface area (Å²) in [5.74, 6) is 0.826. The Labute approximate surface area is 186 Å². The predicted octanol–water partition coefficient (Wildman–Crippen LogP) is 4.53. The number of fused-ring (bicyclic) bond motifs is 1. The number of rotatable bonds is 8. The average molecular weight is 428 g/mol. The summed E-state index contributed by atoms with van der Waals surface area (Å²) in [7, 11) is 0. The number of carbonyl (C=O) groups is 1. The molecule has 0 spiro atoms. The number of aromatic nitrogens is 2. The Morgan fingerprint density at radius 2 is 1.75 bits per heavy atom. The van der Waals surface area contributed by atoms with Crippen LogP contribution in [0.1, 0.15) is 28.2 Å². The summed E-state index contributed by atoms with van der Waals surface area (Å²) < 4.78 is 12.8. The molecule has 0 saturated heterocycles. The second-order valence-corrected chi connectivity index (χ2v) is 7.42. The highest BCUT2D eigenvalue weighted by atomic mass is 16.5. The minimum atomic E-state index is -0.420. The molecule has 0 N–H and O–H groups in total. The first-order valence-electron chi connectivity index (χ1n) is 10.5. The van der Waals surface area contributed by atoms with Crippen LogP contribution in [0.3, 0.4) is 0 Å². The zero-order valence-electron chi connectivity index (χ0n) is 17.9. The molecule has 6 nitrogen and oxygen atoms in total. The summed E-state index contributed by atoms with van der Waals surface area (Å²) in [5.41, 5.74) is 2.08. The Kier molecular flexibility index (Phi) is 6.60. The molecule has 1 heterocycles. The highest BCUT2D eigenvalue weighted by Gasteiger charge is 2.10. The first kappa shape index (κ1) is 21.3. The standard InChI is InChI=1S/C26H24N2O4/c1-19-27-24-14-6-5-13-23(24)25(29)28(19)15-8-16-31-26(30)21-11-7-12-22(17-21)32-18-20-9-3-2-4-10-20/h2-7,9-14,17H,8,15-16,18H2,1H3. The Morgan fingerprint density at radius 1 is 0.969 bits per heavy atom. The number of nitrogens with zero attached hydrogens (tertiary/aromatic N) is 2.